The third kappa shape index (κ3) is 6.83. The van der Waals surface area contributed by atoms with E-state index in [2.05, 4.69) is 41.6 Å². The molecule has 0 radical (unpaired) electrons. The number of hydrogen-bond acceptors (Lipinski definition) is 3. The minimum atomic E-state index is -0.327. The molecule has 0 aromatic heterocycles. The largest absolute Gasteiger partial charge is 0.373 e. The molecule has 1 aliphatic carbocycles. The number of carbonyl (C=O) groups is 1. The minimum Gasteiger partial charge on any atom is -0.373 e. The molecule has 158 valence electrons. The van der Waals surface area contributed by atoms with Crippen molar-refractivity contribution in [2.24, 2.45) is 10.4 Å². The summed E-state index contributed by atoms with van der Waals surface area (Å²) in [6.07, 6.45) is 4.09. The quantitative estimate of drug-likeness (QED) is 0.327. The lowest BCUT2D eigenvalue weighted by atomic mass is 9.85. The van der Waals surface area contributed by atoms with Crippen molar-refractivity contribution in [1.82, 2.24) is 15.5 Å². The first-order valence-electron chi connectivity index (χ1n) is 9.98. The minimum absolute atomic E-state index is 0. The Hall–Kier alpha value is -1.51. The van der Waals surface area contributed by atoms with Gasteiger partial charge in [0, 0.05) is 46.5 Å². The predicted molar refractivity (Wildman–Crippen MR) is 129 cm³/mol. The molecule has 0 atom stereocenters. The summed E-state index contributed by atoms with van der Waals surface area (Å²) in [7, 11) is 5.77. The number of likely N-dealkylation sites (N-methyl/N-ethyl adjacent to an activating group) is 1. The second-order valence-corrected chi connectivity index (χ2v) is 7.57. The van der Waals surface area contributed by atoms with Gasteiger partial charge in [0.25, 0.3) is 0 Å². The number of para-hydroxylation sites is 1. The van der Waals surface area contributed by atoms with Gasteiger partial charge in [-0.1, -0.05) is 31.0 Å². The third-order valence-electron chi connectivity index (χ3n) is 5.24. The van der Waals surface area contributed by atoms with Crippen LogP contribution in [-0.2, 0) is 4.79 Å². The van der Waals surface area contributed by atoms with E-state index in [-0.39, 0.29) is 35.3 Å². The number of nitrogens with zero attached hydrogens (tertiary/aromatic N) is 3. The van der Waals surface area contributed by atoms with Crippen molar-refractivity contribution in [2.75, 3.05) is 52.2 Å². The Labute approximate surface area is 187 Å². The number of guanidine groups is 1. The van der Waals surface area contributed by atoms with Crippen LogP contribution in [0.2, 0.25) is 0 Å². The van der Waals surface area contributed by atoms with Crippen LogP contribution in [-0.4, -0.2) is 64.1 Å². The normalized spacial score (nSPS) is 15.5. The van der Waals surface area contributed by atoms with Crippen molar-refractivity contribution in [3.05, 3.63) is 30.3 Å². The van der Waals surface area contributed by atoms with Crippen molar-refractivity contribution < 1.29 is 4.79 Å². The Kier molecular flexibility index (Phi) is 10.6. The number of rotatable bonds is 8. The van der Waals surface area contributed by atoms with Crippen LogP contribution in [0.15, 0.2) is 35.3 Å². The highest BCUT2D eigenvalue weighted by Gasteiger charge is 2.42. The molecule has 0 saturated heterocycles. The van der Waals surface area contributed by atoms with Gasteiger partial charge in [-0.15, -0.1) is 24.0 Å². The molecule has 1 saturated carbocycles. The molecule has 2 N–H and O–H groups in total. The van der Waals surface area contributed by atoms with Gasteiger partial charge >= 0.3 is 0 Å². The van der Waals surface area contributed by atoms with Gasteiger partial charge < -0.3 is 20.4 Å². The summed E-state index contributed by atoms with van der Waals surface area (Å²) in [5, 5.41) is 6.70. The molecule has 0 unspecified atom stereocenters. The van der Waals surface area contributed by atoms with Gasteiger partial charge in [-0.3, -0.25) is 9.79 Å². The molecule has 0 heterocycles. The standard InChI is InChI=1S/C21H35N5O.HI/c1-5-22-20(23-15-16-26(4)18-11-7-6-8-12-18)24-17-21(13-9-10-14-21)19(27)25(2)3;/h6-8,11-12H,5,9-10,13-17H2,1-4H3,(H2,22,23,24);1H. The number of nitrogens with one attached hydrogen (secondary N) is 2. The van der Waals surface area contributed by atoms with Crippen LogP contribution >= 0.6 is 24.0 Å². The fourth-order valence-electron chi connectivity index (χ4n) is 3.69. The molecule has 1 amide bonds. The molecule has 1 aromatic rings. The zero-order valence-corrected chi connectivity index (χ0v) is 20.0. The molecular formula is C21H36IN5O. The number of anilines is 1. The summed E-state index contributed by atoms with van der Waals surface area (Å²) in [5.74, 6) is 1.00. The Morgan fingerprint density at radius 2 is 1.75 bits per heavy atom. The maximum absolute atomic E-state index is 12.7. The van der Waals surface area contributed by atoms with Crippen LogP contribution in [0, 0.1) is 5.41 Å². The summed E-state index contributed by atoms with van der Waals surface area (Å²) in [5.41, 5.74) is 0.870. The van der Waals surface area contributed by atoms with Crippen molar-refractivity contribution >= 4 is 41.5 Å². The zero-order valence-electron chi connectivity index (χ0n) is 17.7. The number of carbonyl (C=O) groups excluding carboxylic acids is 1. The third-order valence-corrected chi connectivity index (χ3v) is 5.24. The maximum atomic E-state index is 12.7. The fraction of sp³-hybridized carbons (Fsp3) is 0.619. The molecule has 1 fully saturated rings. The first-order chi connectivity index (χ1) is 13.0. The molecule has 0 aliphatic heterocycles. The highest BCUT2D eigenvalue weighted by molar-refractivity contribution is 14.0. The second kappa shape index (κ2) is 12.1. The van der Waals surface area contributed by atoms with E-state index < -0.39 is 0 Å². The summed E-state index contributed by atoms with van der Waals surface area (Å²) in [4.78, 5) is 21.4. The Bertz CT molecular complexity index is 614. The van der Waals surface area contributed by atoms with E-state index in [0.717, 1.165) is 51.3 Å². The monoisotopic (exact) mass is 501 g/mol. The topological polar surface area (TPSA) is 60.0 Å². The number of amides is 1. The molecule has 2 rings (SSSR count). The Balaban J connectivity index is 0.00000392. The van der Waals surface area contributed by atoms with Gasteiger partial charge in [0.15, 0.2) is 5.96 Å². The van der Waals surface area contributed by atoms with Crippen LogP contribution in [0.3, 0.4) is 0 Å². The molecular weight excluding hydrogens is 465 g/mol. The summed E-state index contributed by atoms with van der Waals surface area (Å²) in [6, 6.07) is 10.3. The first-order valence-corrected chi connectivity index (χ1v) is 9.98. The summed E-state index contributed by atoms with van der Waals surface area (Å²) >= 11 is 0. The number of hydrogen-bond donors (Lipinski definition) is 2. The van der Waals surface area contributed by atoms with E-state index >= 15 is 0 Å². The highest BCUT2D eigenvalue weighted by Crippen LogP contribution is 2.39. The van der Waals surface area contributed by atoms with Crippen molar-refractivity contribution in [3.63, 3.8) is 0 Å². The van der Waals surface area contributed by atoms with Crippen LogP contribution < -0.4 is 15.5 Å². The number of aliphatic imine (C=N–C) groups is 1. The lowest BCUT2D eigenvalue weighted by molar-refractivity contribution is -0.138. The lowest BCUT2D eigenvalue weighted by Crippen LogP contribution is -2.44. The van der Waals surface area contributed by atoms with Crippen molar-refractivity contribution in [1.29, 1.82) is 0 Å². The van der Waals surface area contributed by atoms with Gasteiger partial charge in [0.2, 0.25) is 5.91 Å². The number of halogens is 1. The van der Waals surface area contributed by atoms with E-state index in [0.29, 0.717) is 6.54 Å². The lowest BCUT2D eigenvalue weighted by Gasteiger charge is -2.29. The summed E-state index contributed by atoms with van der Waals surface area (Å²) in [6.45, 7) is 5.06. The van der Waals surface area contributed by atoms with Gasteiger partial charge in [-0.05, 0) is 31.9 Å². The average Bonchev–Trinajstić information content (AvgIpc) is 3.16. The van der Waals surface area contributed by atoms with E-state index in [1.165, 1.54) is 5.69 Å². The maximum Gasteiger partial charge on any atom is 0.230 e. The molecule has 1 aliphatic rings. The second-order valence-electron chi connectivity index (χ2n) is 7.57. The Morgan fingerprint density at radius 1 is 1.11 bits per heavy atom. The molecule has 28 heavy (non-hydrogen) atoms. The SMILES string of the molecule is CCNC(=NCC1(C(=O)N(C)C)CCCC1)NCCN(C)c1ccccc1.I. The molecule has 7 heteroatoms. The zero-order chi connectivity index (χ0) is 19.7. The average molecular weight is 501 g/mol. The van der Waals surface area contributed by atoms with Gasteiger partial charge in [-0.2, -0.15) is 0 Å². The first kappa shape index (κ1) is 24.5. The van der Waals surface area contributed by atoms with Crippen LogP contribution in [0.25, 0.3) is 0 Å². The van der Waals surface area contributed by atoms with E-state index in [9.17, 15) is 4.79 Å². The smallest absolute Gasteiger partial charge is 0.230 e. The van der Waals surface area contributed by atoms with Gasteiger partial charge in [0.05, 0.1) is 12.0 Å². The molecule has 6 nitrogen and oxygen atoms in total. The molecule has 1 aromatic carbocycles. The van der Waals surface area contributed by atoms with Crippen LogP contribution in [0.5, 0.6) is 0 Å². The predicted octanol–water partition coefficient (Wildman–Crippen LogP) is 2.94. The van der Waals surface area contributed by atoms with E-state index in [1.807, 2.05) is 32.3 Å². The van der Waals surface area contributed by atoms with Crippen LogP contribution in [0.1, 0.15) is 32.6 Å². The highest BCUT2D eigenvalue weighted by atomic mass is 127. The fourth-order valence-corrected chi connectivity index (χ4v) is 3.69. The van der Waals surface area contributed by atoms with Gasteiger partial charge in [-0.25, -0.2) is 0 Å². The Morgan fingerprint density at radius 3 is 2.32 bits per heavy atom. The number of benzene rings is 1. The van der Waals surface area contributed by atoms with Crippen molar-refractivity contribution in [3.8, 4) is 0 Å². The van der Waals surface area contributed by atoms with E-state index in [4.69, 9.17) is 4.99 Å². The van der Waals surface area contributed by atoms with E-state index in [1.54, 1.807) is 4.90 Å². The van der Waals surface area contributed by atoms with Crippen molar-refractivity contribution in [2.45, 2.75) is 32.6 Å². The van der Waals surface area contributed by atoms with Crippen LogP contribution in [0.4, 0.5) is 5.69 Å². The molecule has 0 spiro atoms. The van der Waals surface area contributed by atoms with Gasteiger partial charge in [0.1, 0.15) is 0 Å². The summed E-state index contributed by atoms with van der Waals surface area (Å²) < 4.78 is 0. The molecule has 0 bridgehead atoms.